The number of hydrogen-bond acceptors (Lipinski definition) is 4. The second-order valence-corrected chi connectivity index (χ2v) is 6.20. The lowest BCUT2D eigenvalue weighted by Gasteiger charge is -2.10. The summed E-state index contributed by atoms with van der Waals surface area (Å²) in [5.41, 5.74) is 0. The Balaban J connectivity index is 2.34. The summed E-state index contributed by atoms with van der Waals surface area (Å²) >= 11 is 18.8. The Morgan fingerprint density at radius 3 is 2.65 bits per heavy atom. The van der Waals surface area contributed by atoms with Gasteiger partial charge in [0.25, 0.3) is 0 Å². The average Bonchev–Trinajstić information content (AvgIpc) is 2.40. The number of halogens is 4. The van der Waals surface area contributed by atoms with Crippen molar-refractivity contribution in [3.8, 4) is 11.6 Å². The fourth-order valence-electron chi connectivity index (χ4n) is 1.35. The SMILES string of the molecule is CCNc1ncc(Br)c(Oc2cc(Cl)c(Br)cc2Cl)n1. The molecule has 1 N–H and O–H groups in total. The molecule has 1 aromatic heterocycles. The Hall–Kier alpha value is -0.560. The predicted molar refractivity (Wildman–Crippen MR) is 88.1 cm³/mol. The minimum atomic E-state index is 0.358. The highest BCUT2D eigenvalue weighted by atomic mass is 79.9. The van der Waals surface area contributed by atoms with E-state index >= 15 is 0 Å². The van der Waals surface area contributed by atoms with E-state index in [1.807, 2.05) is 6.92 Å². The molecule has 1 heterocycles. The van der Waals surface area contributed by atoms with Gasteiger partial charge < -0.3 is 10.1 Å². The Morgan fingerprint density at radius 1 is 1.20 bits per heavy atom. The van der Waals surface area contributed by atoms with Crippen molar-refractivity contribution in [3.05, 3.63) is 37.3 Å². The fourth-order valence-corrected chi connectivity index (χ4v) is 2.46. The standard InChI is InChI=1S/C12H9Br2Cl2N3O/c1-2-17-12-18-5-7(14)11(19-12)20-10-4-8(15)6(13)3-9(10)16/h3-5H,2H2,1H3,(H,17,18,19). The van der Waals surface area contributed by atoms with Crippen molar-refractivity contribution < 1.29 is 4.74 Å². The highest BCUT2D eigenvalue weighted by molar-refractivity contribution is 9.10. The highest BCUT2D eigenvalue weighted by Gasteiger charge is 2.12. The number of aromatic nitrogens is 2. The molecule has 0 atom stereocenters. The topological polar surface area (TPSA) is 47.0 Å². The van der Waals surface area contributed by atoms with Gasteiger partial charge in [-0.15, -0.1) is 0 Å². The summed E-state index contributed by atoms with van der Waals surface area (Å²) in [5, 5.41) is 3.94. The monoisotopic (exact) mass is 439 g/mol. The van der Waals surface area contributed by atoms with Gasteiger partial charge in [-0.1, -0.05) is 23.2 Å². The zero-order valence-electron chi connectivity index (χ0n) is 10.3. The van der Waals surface area contributed by atoms with E-state index < -0.39 is 0 Å². The van der Waals surface area contributed by atoms with E-state index in [1.54, 1.807) is 18.3 Å². The van der Waals surface area contributed by atoms with Crippen LogP contribution in [0.25, 0.3) is 0 Å². The number of ether oxygens (including phenoxy) is 1. The van der Waals surface area contributed by atoms with Crippen LogP contribution in [0.4, 0.5) is 5.95 Å². The molecule has 0 amide bonds. The summed E-state index contributed by atoms with van der Waals surface area (Å²) in [7, 11) is 0. The van der Waals surface area contributed by atoms with E-state index in [4.69, 9.17) is 27.9 Å². The molecular formula is C12H9Br2Cl2N3O. The molecule has 4 nitrogen and oxygen atoms in total. The van der Waals surface area contributed by atoms with Crippen LogP contribution in [0.15, 0.2) is 27.3 Å². The average molecular weight is 442 g/mol. The molecule has 0 saturated heterocycles. The molecule has 0 saturated carbocycles. The fraction of sp³-hybridized carbons (Fsp3) is 0.167. The van der Waals surface area contributed by atoms with Crippen LogP contribution >= 0.6 is 55.1 Å². The van der Waals surface area contributed by atoms with Crippen LogP contribution in [0.2, 0.25) is 10.0 Å². The minimum Gasteiger partial charge on any atom is -0.436 e. The van der Waals surface area contributed by atoms with E-state index in [-0.39, 0.29) is 0 Å². The van der Waals surface area contributed by atoms with Crippen LogP contribution in [0.5, 0.6) is 11.6 Å². The van der Waals surface area contributed by atoms with Crippen LogP contribution in [0.1, 0.15) is 6.92 Å². The van der Waals surface area contributed by atoms with Gasteiger partial charge in [-0.3, -0.25) is 0 Å². The predicted octanol–water partition coefficient (Wildman–Crippen LogP) is 5.53. The first-order valence-corrected chi connectivity index (χ1v) is 7.94. The number of anilines is 1. The molecule has 0 aliphatic carbocycles. The van der Waals surface area contributed by atoms with Crippen LogP contribution in [0, 0.1) is 0 Å². The summed E-state index contributed by atoms with van der Waals surface area (Å²) in [6.07, 6.45) is 1.61. The van der Waals surface area contributed by atoms with E-state index in [9.17, 15) is 0 Å². The molecule has 0 unspecified atom stereocenters. The molecule has 8 heteroatoms. The van der Waals surface area contributed by atoms with Gasteiger partial charge in [0.05, 0.1) is 20.7 Å². The van der Waals surface area contributed by atoms with Crippen molar-refractivity contribution in [1.82, 2.24) is 9.97 Å². The molecule has 1 aromatic carbocycles. The lowest BCUT2D eigenvalue weighted by Crippen LogP contribution is -2.03. The smallest absolute Gasteiger partial charge is 0.238 e. The van der Waals surface area contributed by atoms with E-state index in [0.717, 1.165) is 0 Å². The Bertz CT molecular complexity index is 640. The highest BCUT2D eigenvalue weighted by Crippen LogP contribution is 2.37. The lowest BCUT2D eigenvalue weighted by atomic mass is 10.3. The third-order valence-corrected chi connectivity index (χ3v) is 4.26. The van der Waals surface area contributed by atoms with Crippen molar-refractivity contribution in [2.24, 2.45) is 0 Å². The minimum absolute atomic E-state index is 0.358. The molecule has 0 aliphatic rings. The van der Waals surface area contributed by atoms with Crippen LogP contribution in [-0.4, -0.2) is 16.5 Å². The number of nitrogens with zero attached hydrogens (tertiary/aromatic N) is 2. The van der Waals surface area contributed by atoms with E-state index in [1.165, 1.54) is 0 Å². The lowest BCUT2D eigenvalue weighted by molar-refractivity contribution is 0.459. The summed E-state index contributed by atoms with van der Waals surface area (Å²) < 4.78 is 7.01. The van der Waals surface area contributed by atoms with Crippen molar-refractivity contribution in [3.63, 3.8) is 0 Å². The molecule has 0 radical (unpaired) electrons. The summed E-state index contributed by atoms with van der Waals surface area (Å²) in [5.74, 6) is 1.25. The zero-order chi connectivity index (χ0) is 14.7. The van der Waals surface area contributed by atoms with Crippen LogP contribution in [-0.2, 0) is 0 Å². The third kappa shape index (κ3) is 3.75. The number of nitrogens with one attached hydrogen (secondary N) is 1. The second-order valence-electron chi connectivity index (χ2n) is 3.68. The first kappa shape index (κ1) is 15.8. The largest absolute Gasteiger partial charge is 0.436 e. The van der Waals surface area contributed by atoms with E-state index in [0.29, 0.717) is 43.1 Å². The molecular weight excluding hydrogens is 433 g/mol. The van der Waals surface area contributed by atoms with Crippen molar-refractivity contribution in [2.45, 2.75) is 6.92 Å². The summed E-state index contributed by atoms with van der Waals surface area (Å²) in [4.78, 5) is 8.35. The van der Waals surface area contributed by atoms with Gasteiger partial charge in [-0.05, 0) is 44.8 Å². The molecule has 2 rings (SSSR count). The number of benzene rings is 1. The van der Waals surface area contributed by atoms with Gasteiger partial charge in [0.2, 0.25) is 11.8 Å². The zero-order valence-corrected chi connectivity index (χ0v) is 14.9. The van der Waals surface area contributed by atoms with E-state index in [2.05, 4.69) is 47.1 Å². The number of hydrogen-bond donors (Lipinski definition) is 1. The summed E-state index contributed by atoms with van der Waals surface area (Å²) in [6, 6.07) is 3.29. The molecule has 0 spiro atoms. The quantitative estimate of drug-likeness (QED) is 0.633. The van der Waals surface area contributed by atoms with Crippen LogP contribution in [0.3, 0.4) is 0 Å². The molecule has 0 aliphatic heterocycles. The first-order chi connectivity index (χ1) is 9.51. The van der Waals surface area contributed by atoms with Crippen LogP contribution < -0.4 is 10.1 Å². The van der Waals surface area contributed by atoms with Gasteiger partial charge in [-0.25, -0.2) is 4.98 Å². The Morgan fingerprint density at radius 2 is 1.95 bits per heavy atom. The van der Waals surface area contributed by atoms with Gasteiger partial charge in [0.1, 0.15) is 5.75 Å². The molecule has 20 heavy (non-hydrogen) atoms. The third-order valence-electron chi connectivity index (χ3n) is 2.23. The van der Waals surface area contributed by atoms with Gasteiger partial charge in [-0.2, -0.15) is 4.98 Å². The van der Waals surface area contributed by atoms with Gasteiger partial charge in [0.15, 0.2) is 0 Å². The van der Waals surface area contributed by atoms with Crippen molar-refractivity contribution >= 4 is 61.0 Å². The normalized spacial score (nSPS) is 10.4. The molecule has 106 valence electrons. The molecule has 0 bridgehead atoms. The number of rotatable bonds is 4. The first-order valence-electron chi connectivity index (χ1n) is 5.60. The molecule has 2 aromatic rings. The van der Waals surface area contributed by atoms with Gasteiger partial charge in [0, 0.05) is 17.1 Å². The van der Waals surface area contributed by atoms with Crippen molar-refractivity contribution in [2.75, 3.05) is 11.9 Å². The second kappa shape index (κ2) is 6.93. The van der Waals surface area contributed by atoms with Gasteiger partial charge >= 0.3 is 0 Å². The maximum atomic E-state index is 6.12. The summed E-state index contributed by atoms with van der Waals surface area (Å²) in [6.45, 7) is 2.67. The molecule has 0 fully saturated rings. The Kier molecular flexibility index (Phi) is 5.49. The maximum absolute atomic E-state index is 6.12. The van der Waals surface area contributed by atoms with Crippen molar-refractivity contribution in [1.29, 1.82) is 0 Å². The Labute approximate surface area is 143 Å². The maximum Gasteiger partial charge on any atom is 0.238 e.